The maximum atomic E-state index is 11.0. The van der Waals surface area contributed by atoms with E-state index in [0.29, 0.717) is 11.8 Å². The van der Waals surface area contributed by atoms with E-state index in [9.17, 15) is 4.79 Å². The molecule has 1 nitrogen and oxygen atoms in total. The minimum atomic E-state index is -0.149. The molecule has 0 aromatic heterocycles. The zero-order valence-corrected chi connectivity index (χ0v) is 7.79. The van der Waals surface area contributed by atoms with Crippen LogP contribution in [0.25, 0.3) is 0 Å². The molecule has 1 aromatic carbocycles. The van der Waals surface area contributed by atoms with E-state index in [-0.39, 0.29) is 11.2 Å². The van der Waals surface area contributed by atoms with Crippen LogP contribution in [0, 0.1) is 11.8 Å². The number of hydrogen-bond acceptors (Lipinski definition) is 1. The van der Waals surface area contributed by atoms with E-state index >= 15 is 0 Å². The van der Waals surface area contributed by atoms with Gasteiger partial charge in [0.2, 0.25) is 5.24 Å². The Kier molecular flexibility index (Phi) is 1.37. The van der Waals surface area contributed by atoms with Crippen LogP contribution in [0.4, 0.5) is 0 Å². The van der Waals surface area contributed by atoms with E-state index in [1.165, 1.54) is 11.1 Å². The SMILES string of the molecule is O=C(Cl)[C@H]1[C@@H]2Cc3ccccc3[C@@H]21. The highest BCUT2D eigenvalue weighted by atomic mass is 35.5. The van der Waals surface area contributed by atoms with Gasteiger partial charge in [0.1, 0.15) is 0 Å². The number of benzene rings is 1. The number of carbonyl (C=O) groups is 1. The maximum Gasteiger partial charge on any atom is 0.225 e. The first kappa shape index (κ1) is 7.57. The van der Waals surface area contributed by atoms with Gasteiger partial charge in [0.25, 0.3) is 0 Å². The topological polar surface area (TPSA) is 17.1 Å². The molecule has 3 atom stereocenters. The van der Waals surface area contributed by atoms with Gasteiger partial charge in [-0.15, -0.1) is 0 Å². The Balaban J connectivity index is 1.99. The van der Waals surface area contributed by atoms with E-state index in [1.807, 2.05) is 6.07 Å². The van der Waals surface area contributed by atoms with Crippen LogP contribution in [0.3, 0.4) is 0 Å². The van der Waals surface area contributed by atoms with Crippen molar-refractivity contribution in [3.8, 4) is 0 Å². The summed E-state index contributed by atoms with van der Waals surface area (Å²) in [6.45, 7) is 0. The lowest BCUT2D eigenvalue weighted by atomic mass is 10.0. The highest BCUT2D eigenvalue weighted by molar-refractivity contribution is 6.64. The lowest BCUT2D eigenvalue weighted by Gasteiger charge is -2.03. The van der Waals surface area contributed by atoms with Crippen LogP contribution in [-0.4, -0.2) is 5.24 Å². The normalized spacial score (nSPS) is 33.8. The van der Waals surface area contributed by atoms with Gasteiger partial charge in [-0.3, -0.25) is 4.79 Å². The van der Waals surface area contributed by atoms with Crippen molar-refractivity contribution < 1.29 is 4.79 Å². The fraction of sp³-hybridized carbons (Fsp3) is 0.364. The van der Waals surface area contributed by atoms with E-state index < -0.39 is 0 Å². The van der Waals surface area contributed by atoms with Crippen molar-refractivity contribution in [2.45, 2.75) is 12.3 Å². The lowest BCUT2D eigenvalue weighted by Crippen LogP contribution is -1.99. The second-order valence-electron chi connectivity index (χ2n) is 3.92. The predicted octanol–water partition coefficient (Wildman–Crippen LogP) is 2.34. The van der Waals surface area contributed by atoms with E-state index in [4.69, 9.17) is 11.6 Å². The summed E-state index contributed by atoms with van der Waals surface area (Å²) in [5.74, 6) is 1.08. The van der Waals surface area contributed by atoms with Gasteiger partial charge >= 0.3 is 0 Å². The Labute approximate surface area is 81.7 Å². The number of fused-ring (bicyclic) bond motifs is 3. The molecule has 0 unspecified atom stereocenters. The summed E-state index contributed by atoms with van der Waals surface area (Å²) in [4.78, 5) is 11.0. The van der Waals surface area contributed by atoms with Crippen molar-refractivity contribution >= 4 is 16.8 Å². The molecule has 0 saturated heterocycles. The largest absolute Gasteiger partial charge is 0.281 e. The molecule has 0 amide bonds. The summed E-state index contributed by atoms with van der Waals surface area (Å²) in [5.41, 5.74) is 2.76. The van der Waals surface area contributed by atoms with Crippen LogP contribution in [0.5, 0.6) is 0 Å². The Morgan fingerprint density at radius 3 is 2.92 bits per heavy atom. The molecule has 0 aliphatic heterocycles. The van der Waals surface area contributed by atoms with Crippen molar-refractivity contribution in [1.82, 2.24) is 0 Å². The Morgan fingerprint density at radius 1 is 1.38 bits per heavy atom. The van der Waals surface area contributed by atoms with Crippen LogP contribution in [0.1, 0.15) is 17.0 Å². The van der Waals surface area contributed by atoms with Gasteiger partial charge < -0.3 is 0 Å². The first-order valence-electron chi connectivity index (χ1n) is 4.56. The molecule has 2 aliphatic carbocycles. The molecule has 0 heterocycles. The highest BCUT2D eigenvalue weighted by Gasteiger charge is 2.58. The van der Waals surface area contributed by atoms with E-state index in [0.717, 1.165) is 6.42 Å². The number of carbonyl (C=O) groups excluding carboxylic acids is 1. The molecular formula is C11H9ClO. The minimum absolute atomic E-state index is 0.122. The number of rotatable bonds is 1. The van der Waals surface area contributed by atoms with Gasteiger partial charge in [0.15, 0.2) is 0 Å². The minimum Gasteiger partial charge on any atom is -0.281 e. The van der Waals surface area contributed by atoms with Crippen LogP contribution < -0.4 is 0 Å². The second kappa shape index (κ2) is 2.36. The zero-order valence-electron chi connectivity index (χ0n) is 7.03. The quantitative estimate of drug-likeness (QED) is 0.625. The lowest BCUT2D eigenvalue weighted by molar-refractivity contribution is -0.113. The van der Waals surface area contributed by atoms with Gasteiger partial charge in [-0.2, -0.15) is 0 Å². The van der Waals surface area contributed by atoms with Crippen LogP contribution in [-0.2, 0) is 11.2 Å². The molecule has 13 heavy (non-hydrogen) atoms. The summed E-state index contributed by atoms with van der Waals surface area (Å²) < 4.78 is 0. The average molecular weight is 193 g/mol. The van der Waals surface area contributed by atoms with E-state index in [1.54, 1.807) is 0 Å². The predicted molar refractivity (Wildman–Crippen MR) is 50.7 cm³/mol. The monoisotopic (exact) mass is 192 g/mol. The Bertz CT molecular complexity index is 385. The van der Waals surface area contributed by atoms with Gasteiger partial charge in [-0.05, 0) is 41.0 Å². The molecule has 2 heteroatoms. The Hall–Kier alpha value is -0.820. The number of halogens is 1. The molecule has 2 aliphatic rings. The standard InChI is InChI=1S/C11H9ClO/c12-11(13)10-8-5-6-3-1-2-4-7(6)9(8)10/h1-4,8-10H,5H2/t8-,9+,10+/m1/s1. The Morgan fingerprint density at radius 2 is 2.15 bits per heavy atom. The van der Waals surface area contributed by atoms with Gasteiger partial charge in [0.05, 0.1) is 0 Å². The first-order valence-corrected chi connectivity index (χ1v) is 4.94. The van der Waals surface area contributed by atoms with Crippen molar-refractivity contribution in [2.75, 3.05) is 0 Å². The summed E-state index contributed by atoms with van der Waals surface area (Å²) in [6, 6.07) is 8.37. The zero-order chi connectivity index (χ0) is 9.00. The number of hydrogen-bond donors (Lipinski definition) is 0. The van der Waals surface area contributed by atoms with Gasteiger partial charge in [0, 0.05) is 5.92 Å². The molecule has 0 spiro atoms. The summed E-state index contributed by atoms with van der Waals surface area (Å²) in [7, 11) is 0. The fourth-order valence-corrected chi connectivity index (χ4v) is 2.96. The van der Waals surface area contributed by atoms with Gasteiger partial charge in [-0.1, -0.05) is 24.3 Å². The molecule has 1 saturated carbocycles. The van der Waals surface area contributed by atoms with Gasteiger partial charge in [-0.25, -0.2) is 0 Å². The average Bonchev–Trinajstić information content (AvgIpc) is 2.71. The summed E-state index contributed by atoms with van der Waals surface area (Å²) >= 11 is 5.51. The molecular weight excluding hydrogens is 184 g/mol. The van der Waals surface area contributed by atoms with Crippen LogP contribution in [0.15, 0.2) is 24.3 Å². The highest BCUT2D eigenvalue weighted by Crippen LogP contribution is 2.61. The van der Waals surface area contributed by atoms with Crippen molar-refractivity contribution in [2.24, 2.45) is 11.8 Å². The molecule has 0 N–H and O–H groups in total. The molecule has 1 aromatic rings. The molecule has 3 rings (SSSR count). The van der Waals surface area contributed by atoms with Crippen molar-refractivity contribution in [3.63, 3.8) is 0 Å². The molecule has 66 valence electrons. The molecule has 0 radical (unpaired) electrons. The third-order valence-electron chi connectivity index (χ3n) is 3.30. The fourth-order valence-electron chi connectivity index (χ4n) is 2.66. The van der Waals surface area contributed by atoms with Crippen molar-refractivity contribution in [1.29, 1.82) is 0 Å². The van der Waals surface area contributed by atoms with Crippen molar-refractivity contribution in [3.05, 3.63) is 35.4 Å². The molecule has 1 fully saturated rings. The molecule has 0 bridgehead atoms. The summed E-state index contributed by atoms with van der Waals surface area (Å²) in [5, 5.41) is -0.149. The van der Waals surface area contributed by atoms with Crippen LogP contribution in [0.2, 0.25) is 0 Å². The smallest absolute Gasteiger partial charge is 0.225 e. The summed E-state index contributed by atoms with van der Waals surface area (Å²) in [6.07, 6.45) is 1.05. The van der Waals surface area contributed by atoms with E-state index in [2.05, 4.69) is 18.2 Å². The maximum absolute atomic E-state index is 11.0. The third-order valence-corrected chi connectivity index (χ3v) is 3.55. The third kappa shape index (κ3) is 0.910. The second-order valence-corrected chi connectivity index (χ2v) is 4.29. The van der Waals surface area contributed by atoms with Crippen LogP contribution >= 0.6 is 11.6 Å². The first-order chi connectivity index (χ1) is 6.29.